The Bertz CT molecular complexity index is 2080. The number of hydrogen-bond donors (Lipinski definition) is 0. The monoisotopic (exact) mass is 818 g/mol. The molecule has 0 spiro atoms. The molecule has 278 valence electrons. The van der Waals surface area contributed by atoms with Crippen molar-refractivity contribution >= 4 is 31.6 Å². The maximum atomic E-state index is 15.8. The van der Waals surface area contributed by atoms with Crippen LogP contribution in [0, 0.1) is 34.6 Å². The number of thioether (sulfide) groups is 1. The molecule has 0 unspecified atom stereocenters. The quantitative estimate of drug-likeness (QED) is 0.0498. The van der Waals surface area contributed by atoms with Gasteiger partial charge in [0.1, 0.15) is 35.9 Å². The SMILES string of the molecule is C[C@@H](S[C@H]1CO[C@H](/C=C/C=C/c2ccc(C#N)cc2F)OC1)[C@@](Cn1cncn1)(OC(=O)c1ccc(F)cc1COP(=O)([O-])[O-])c1ccc(F)cc1F.[Na+].[Na+]. The molecule has 12 nitrogen and oxygen atoms in total. The van der Waals surface area contributed by atoms with E-state index < -0.39 is 71.6 Å². The van der Waals surface area contributed by atoms with Crippen molar-refractivity contribution in [3.8, 4) is 6.07 Å². The Kier molecular flexibility index (Phi) is 18.0. The largest absolute Gasteiger partial charge is 1.00 e. The third kappa shape index (κ3) is 12.9. The van der Waals surface area contributed by atoms with Crippen molar-refractivity contribution in [3.05, 3.63) is 137 Å². The standard InChI is InChI=1S/C35H31F4N4O8PS.2Na/c1-22(53-28-17-48-33(49-18-28)5-3-2-4-24-7-6-23(15-40)12-31(24)38)35(19-43-21-41-20-42-43,30-11-9-27(37)14-32(30)39)51-34(44)29-10-8-26(36)13-25(29)16-50-52(45,46)47;;/h2-14,20-22,28,33H,16-19H2,1H3,(H2,45,46,47);;/q;2*+1/p-2/b4-2+,5-3+;;/t22-,28-,33-,35-;;/m1../s1. The maximum Gasteiger partial charge on any atom is 1.00 e. The van der Waals surface area contributed by atoms with Gasteiger partial charge in [0.25, 0.3) is 0 Å². The number of carbonyl (C=O) groups excluding carboxylic acids is 1. The molecule has 0 aliphatic carbocycles. The van der Waals surface area contributed by atoms with Gasteiger partial charge in [-0.25, -0.2) is 32.0 Å². The Morgan fingerprint density at radius 3 is 2.42 bits per heavy atom. The molecule has 2 heterocycles. The van der Waals surface area contributed by atoms with Crippen LogP contribution in [0.2, 0.25) is 0 Å². The number of phosphoric acid groups is 1. The number of aromatic nitrogens is 3. The van der Waals surface area contributed by atoms with Crippen molar-refractivity contribution in [2.75, 3.05) is 13.2 Å². The van der Waals surface area contributed by atoms with Crippen LogP contribution in [-0.2, 0) is 42.1 Å². The fourth-order valence-electron chi connectivity index (χ4n) is 5.38. The molecular formula is C35H29F4N4Na2O8PS. The summed E-state index contributed by atoms with van der Waals surface area (Å²) >= 11 is 1.19. The van der Waals surface area contributed by atoms with Gasteiger partial charge in [-0.3, -0.25) is 0 Å². The number of phosphoric ester groups is 1. The number of nitrogens with zero attached hydrogens (tertiary/aromatic N) is 4. The van der Waals surface area contributed by atoms with Gasteiger partial charge in [0.15, 0.2) is 11.9 Å². The number of allylic oxidation sites excluding steroid dienone is 2. The summed E-state index contributed by atoms with van der Waals surface area (Å²) in [5.41, 5.74) is -2.51. The van der Waals surface area contributed by atoms with Crippen molar-refractivity contribution in [3.63, 3.8) is 0 Å². The molecule has 2 atom stereocenters. The van der Waals surface area contributed by atoms with Crippen LogP contribution < -0.4 is 68.9 Å². The molecule has 3 aromatic carbocycles. The minimum absolute atomic E-state index is 0. The van der Waals surface area contributed by atoms with Crippen LogP contribution in [0.25, 0.3) is 6.08 Å². The molecule has 1 aliphatic heterocycles. The third-order valence-electron chi connectivity index (χ3n) is 7.92. The zero-order valence-corrected chi connectivity index (χ0v) is 35.4. The normalized spacial score (nSPS) is 17.5. The summed E-state index contributed by atoms with van der Waals surface area (Å²) in [5, 5.41) is 11.7. The Morgan fingerprint density at radius 2 is 1.78 bits per heavy atom. The summed E-state index contributed by atoms with van der Waals surface area (Å²) in [4.78, 5) is 40.2. The molecule has 0 bridgehead atoms. The van der Waals surface area contributed by atoms with Gasteiger partial charge in [-0.2, -0.15) is 10.4 Å². The van der Waals surface area contributed by atoms with E-state index in [0.717, 1.165) is 36.4 Å². The van der Waals surface area contributed by atoms with Crippen LogP contribution in [0.4, 0.5) is 17.6 Å². The number of carbonyl (C=O) groups is 1. The molecular weight excluding hydrogens is 789 g/mol. The van der Waals surface area contributed by atoms with Crippen LogP contribution in [0.1, 0.15) is 39.5 Å². The average Bonchev–Trinajstić information content (AvgIpc) is 3.62. The first-order valence-corrected chi connectivity index (χ1v) is 18.1. The number of esters is 1. The van der Waals surface area contributed by atoms with Crippen molar-refractivity contribution in [2.45, 2.75) is 42.5 Å². The number of rotatable bonds is 14. The van der Waals surface area contributed by atoms with E-state index in [-0.39, 0.29) is 101 Å². The summed E-state index contributed by atoms with van der Waals surface area (Å²) in [6.45, 7) is 0.496. The zero-order valence-electron chi connectivity index (χ0n) is 29.6. The molecule has 0 saturated carbocycles. The first-order chi connectivity index (χ1) is 25.3. The van der Waals surface area contributed by atoms with E-state index in [9.17, 15) is 32.3 Å². The smallest absolute Gasteiger partial charge is 0.790 e. The van der Waals surface area contributed by atoms with E-state index in [1.54, 1.807) is 25.2 Å². The second-order valence-electron chi connectivity index (χ2n) is 11.5. The molecule has 0 amide bonds. The molecule has 1 aliphatic rings. The number of ether oxygens (including phenoxy) is 3. The Morgan fingerprint density at radius 1 is 1.07 bits per heavy atom. The van der Waals surface area contributed by atoms with Crippen LogP contribution in [0.15, 0.2) is 85.5 Å². The first-order valence-electron chi connectivity index (χ1n) is 15.7. The van der Waals surface area contributed by atoms with Gasteiger partial charge >= 0.3 is 65.1 Å². The summed E-state index contributed by atoms with van der Waals surface area (Å²) < 4.78 is 92.8. The Hall–Kier alpha value is -2.66. The van der Waals surface area contributed by atoms with Gasteiger partial charge in [-0.1, -0.05) is 24.3 Å². The fourth-order valence-corrected chi connectivity index (χ4v) is 7.03. The summed E-state index contributed by atoms with van der Waals surface area (Å²) in [7, 11) is -5.54. The molecule has 1 saturated heterocycles. The van der Waals surface area contributed by atoms with Gasteiger partial charge in [-0.15, -0.1) is 11.8 Å². The molecule has 55 heavy (non-hydrogen) atoms. The molecule has 0 radical (unpaired) electrons. The van der Waals surface area contributed by atoms with Crippen molar-refractivity contribution < 1.29 is 115 Å². The molecule has 1 fully saturated rings. The minimum Gasteiger partial charge on any atom is -0.790 e. The molecule has 1 aromatic heterocycles. The predicted octanol–water partition coefficient (Wildman–Crippen LogP) is -1.06. The molecule has 20 heteroatoms. The van der Waals surface area contributed by atoms with E-state index >= 15 is 4.39 Å². The van der Waals surface area contributed by atoms with Gasteiger partial charge in [-0.05, 0) is 61.0 Å². The predicted molar refractivity (Wildman–Crippen MR) is 178 cm³/mol. The van der Waals surface area contributed by atoms with E-state index in [1.807, 2.05) is 6.07 Å². The number of halogens is 4. The summed E-state index contributed by atoms with van der Waals surface area (Å²) in [6.07, 6.45) is 7.97. The number of benzene rings is 3. The van der Waals surface area contributed by atoms with Gasteiger partial charge in [0, 0.05) is 22.4 Å². The van der Waals surface area contributed by atoms with Crippen molar-refractivity contribution in [1.29, 1.82) is 5.26 Å². The zero-order chi connectivity index (χ0) is 38.2. The second-order valence-corrected chi connectivity index (χ2v) is 14.3. The van der Waals surface area contributed by atoms with Crippen LogP contribution in [0.5, 0.6) is 0 Å². The molecule has 4 aromatic rings. The fraction of sp³-hybridized carbons (Fsp3) is 0.257. The van der Waals surface area contributed by atoms with Crippen molar-refractivity contribution in [1.82, 2.24) is 14.8 Å². The molecule has 5 rings (SSSR count). The van der Waals surface area contributed by atoms with E-state index in [0.29, 0.717) is 6.07 Å². The van der Waals surface area contributed by atoms with Gasteiger partial charge < -0.3 is 33.1 Å². The minimum atomic E-state index is -5.54. The van der Waals surface area contributed by atoms with Crippen LogP contribution in [0.3, 0.4) is 0 Å². The Balaban J connectivity index is 0.00000406. The van der Waals surface area contributed by atoms with Crippen molar-refractivity contribution in [2.24, 2.45) is 0 Å². The first kappa shape index (κ1) is 46.7. The summed E-state index contributed by atoms with van der Waals surface area (Å²) in [5.74, 6) is -4.59. The van der Waals surface area contributed by atoms with Crippen LogP contribution >= 0.6 is 19.6 Å². The van der Waals surface area contributed by atoms with E-state index in [4.69, 9.17) is 19.5 Å². The Labute approximate surface area is 361 Å². The third-order valence-corrected chi connectivity index (χ3v) is 9.81. The summed E-state index contributed by atoms with van der Waals surface area (Å²) in [6, 6.07) is 11.3. The van der Waals surface area contributed by atoms with Gasteiger partial charge in [0.05, 0.1) is 56.6 Å². The number of nitriles is 1. The second kappa shape index (κ2) is 21.2. The maximum absolute atomic E-state index is 15.8. The topological polar surface area (TPSA) is 172 Å². The molecule has 0 N–H and O–H groups in total. The van der Waals surface area contributed by atoms with E-state index in [1.165, 1.54) is 47.3 Å². The number of hydrogen-bond acceptors (Lipinski definition) is 12. The van der Waals surface area contributed by atoms with Crippen LogP contribution in [-0.4, -0.2) is 50.7 Å². The average molecular weight is 819 g/mol. The van der Waals surface area contributed by atoms with E-state index in [2.05, 4.69) is 14.6 Å². The van der Waals surface area contributed by atoms with Gasteiger partial charge in [0.2, 0.25) is 0 Å².